The van der Waals surface area contributed by atoms with Gasteiger partial charge < -0.3 is 4.57 Å². The fourth-order valence-electron chi connectivity index (χ4n) is 3.41. The maximum atomic E-state index is 13.0. The van der Waals surface area contributed by atoms with E-state index >= 15 is 0 Å². The lowest BCUT2D eigenvalue weighted by atomic mass is 10.1. The third-order valence-electron chi connectivity index (χ3n) is 4.78. The molecule has 3 aromatic carbocycles. The zero-order chi connectivity index (χ0) is 19.6. The number of para-hydroxylation sites is 1. The molecule has 0 radical (unpaired) electrons. The molecule has 4 aromatic rings. The number of hydrogen-bond acceptors (Lipinski definition) is 1. The molecule has 4 rings (SSSR count). The van der Waals surface area contributed by atoms with E-state index in [-0.39, 0.29) is 6.17 Å². The molecule has 0 aliphatic carbocycles. The summed E-state index contributed by atoms with van der Waals surface area (Å²) in [4.78, 5) is 0. The van der Waals surface area contributed by atoms with Gasteiger partial charge in [0.25, 0.3) is 0 Å². The number of aromatic nitrogens is 1. The van der Waals surface area contributed by atoms with Gasteiger partial charge in [-0.2, -0.15) is 13.2 Å². The molecular weight excluding hydrogens is 361 g/mol. The van der Waals surface area contributed by atoms with E-state index in [9.17, 15) is 13.2 Å². The van der Waals surface area contributed by atoms with Gasteiger partial charge in [-0.15, -0.1) is 0 Å². The van der Waals surface area contributed by atoms with E-state index in [1.165, 1.54) is 12.1 Å². The Morgan fingerprint density at radius 1 is 0.821 bits per heavy atom. The number of fused-ring (bicyclic) bond motifs is 1. The molecule has 0 aliphatic heterocycles. The molecule has 1 aromatic heterocycles. The number of nitrogens with zero attached hydrogens (tertiary/aromatic N) is 1. The first-order chi connectivity index (χ1) is 13.5. The molecule has 1 atom stereocenters. The normalized spacial score (nSPS) is 13.0. The van der Waals surface area contributed by atoms with Gasteiger partial charge in [0.2, 0.25) is 0 Å². The number of benzene rings is 3. The predicted octanol–water partition coefficient (Wildman–Crippen LogP) is 6.00. The fourth-order valence-corrected chi connectivity index (χ4v) is 3.41. The quantitative estimate of drug-likeness (QED) is 0.450. The van der Waals surface area contributed by atoms with Gasteiger partial charge in [-0.3, -0.25) is 5.32 Å². The Morgan fingerprint density at radius 2 is 1.57 bits per heavy atom. The molecule has 0 saturated heterocycles. The smallest absolute Gasteiger partial charge is 0.327 e. The first-order valence-electron chi connectivity index (χ1n) is 9.02. The lowest BCUT2D eigenvalue weighted by molar-refractivity contribution is -0.137. The monoisotopic (exact) mass is 380 g/mol. The predicted molar refractivity (Wildman–Crippen MR) is 105 cm³/mol. The van der Waals surface area contributed by atoms with Gasteiger partial charge in [0.15, 0.2) is 0 Å². The van der Waals surface area contributed by atoms with E-state index in [0.29, 0.717) is 12.1 Å². The van der Waals surface area contributed by atoms with E-state index < -0.39 is 11.7 Å². The van der Waals surface area contributed by atoms with Crippen molar-refractivity contribution in [2.75, 3.05) is 0 Å². The molecule has 0 saturated carbocycles. The number of alkyl halides is 3. The minimum atomic E-state index is -4.34. The van der Waals surface area contributed by atoms with E-state index in [1.807, 2.05) is 66.9 Å². The molecule has 0 spiro atoms. The maximum Gasteiger partial charge on any atom is 0.416 e. The molecule has 1 unspecified atom stereocenters. The van der Waals surface area contributed by atoms with Crippen molar-refractivity contribution in [1.29, 1.82) is 0 Å². The van der Waals surface area contributed by atoms with Crippen molar-refractivity contribution in [3.05, 3.63) is 108 Å². The molecule has 0 amide bonds. The van der Waals surface area contributed by atoms with Crippen LogP contribution in [0.5, 0.6) is 0 Å². The topological polar surface area (TPSA) is 17.0 Å². The van der Waals surface area contributed by atoms with Gasteiger partial charge >= 0.3 is 6.18 Å². The Bertz CT molecular complexity index is 1070. The van der Waals surface area contributed by atoms with Crippen LogP contribution >= 0.6 is 0 Å². The molecule has 2 nitrogen and oxygen atoms in total. The van der Waals surface area contributed by atoms with Gasteiger partial charge in [0.05, 0.1) is 5.56 Å². The van der Waals surface area contributed by atoms with E-state index in [2.05, 4.69) is 9.88 Å². The summed E-state index contributed by atoms with van der Waals surface area (Å²) in [5, 5.41) is 4.54. The van der Waals surface area contributed by atoms with Crippen molar-refractivity contribution in [3.63, 3.8) is 0 Å². The van der Waals surface area contributed by atoms with Crippen molar-refractivity contribution in [2.45, 2.75) is 18.9 Å². The van der Waals surface area contributed by atoms with Crippen LogP contribution in [0.4, 0.5) is 13.2 Å². The van der Waals surface area contributed by atoms with Gasteiger partial charge in [0, 0.05) is 18.3 Å². The summed E-state index contributed by atoms with van der Waals surface area (Å²) in [6.07, 6.45) is -2.54. The summed E-state index contributed by atoms with van der Waals surface area (Å²) >= 11 is 0. The minimum Gasteiger partial charge on any atom is -0.327 e. The highest BCUT2D eigenvalue weighted by molar-refractivity contribution is 5.80. The second kappa shape index (κ2) is 7.52. The number of halogens is 3. The second-order valence-corrected chi connectivity index (χ2v) is 6.67. The first-order valence-corrected chi connectivity index (χ1v) is 9.02. The minimum absolute atomic E-state index is 0.198. The van der Waals surface area contributed by atoms with Crippen LogP contribution in [0.25, 0.3) is 10.9 Å². The maximum absolute atomic E-state index is 13.0. The number of rotatable bonds is 5. The van der Waals surface area contributed by atoms with Gasteiger partial charge in [-0.1, -0.05) is 66.7 Å². The summed E-state index contributed by atoms with van der Waals surface area (Å²) in [7, 11) is 0. The first kappa shape index (κ1) is 18.3. The van der Waals surface area contributed by atoms with Crippen molar-refractivity contribution in [2.24, 2.45) is 0 Å². The average Bonchev–Trinajstić information content (AvgIpc) is 3.13. The molecule has 28 heavy (non-hydrogen) atoms. The molecule has 0 aliphatic rings. The molecule has 0 fully saturated rings. The standard InChI is InChI=1S/C23H19F3N2/c24-23(25,26)20-11-6-7-17(15-20)16-27-22(19-9-2-1-3-10-19)28-14-13-18-8-4-5-12-21(18)28/h1-15,22,27H,16H2. The lowest BCUT2D eigenvalue weighted by Gasteiger charge is -2.23. The van der Waals surface area contributed by atoms with Crippen molar-refractivity contribution >= 4 is 10.9 Å². The van der Waals surface area contributed by atoms with Gasteiger partial charge in [0.1, 0.15) is 6.17 Å². The Kier molecular flexibility index (Phi) is 4.92. The number of hydrogen-bond donors (Lipinski definition) is 1. The molecule has 1 heterocycles. The molecule has 142 valence electrons. The van der Waals surface area contributed by atoms with Crippen molar-refractivity contribution in [3.8, 4) is 0 Å². The second-order valence-electron chi connectivity index (χ2n) is 6.67. The van der Waals surface area contributed by atoms with Crippen LogP contribution < -0.4 is 5.32 Å². The molecule has 5 heteroatoms. The third-order valence-corrected chi connectivity index (χ3v) is 4.78. The Hall–Kier alpha value is -3.05. The summed E-state index contributed by atoms with van der Waals surface area (Å²) < 4.78 is 41.1. The van der Waals surface area contributed by atoms with E-state index in [1.54, 1.807) is 6.07 Å². The van der Waals surface area contributed by atoms with Crippen LogP contribution in [0.1, 0.15) is 22.9 Å². The molecule has 0 bridgehead atoms. The zero-order valence-corrected chi connectivity index (χ0v) is 15.0. The van der Waals surface area contributed by atoms with Crippen molar-refractivity contribution in [1.82, 2.24) is 9.88 Å². The third kappa shape index (κ3) is 3.80. The number of nitrogens with one attached hydrogen (secondary N) is 1. The highest BCUT2D eigenvalue weighted by atomic mass is 19.4. The Balaban J connectivity index is 1.66. The summed E-state index contributed by atoms with van der Waals surface area (Å²) in [6.45, 7) is 0.315. The summed E-state index contributed by atoms with van der Waals surface area (Å²) in [5.74, 6) is 0. The lowest BCUT2D eigenvalue weighted by Crippen LogP contribution is -2.27. The van der Waals surface area contributed by atoms with Crippen LogP contribution in [0.3, 0.4) is 0 Å². The largest absolute Gasteiger partial charge is 0.416 e. The SMILES string of the molecule is FC(F)(F)c1cccc(CNC(c2ccccc2)n2ccc3ccccc32)c1. The highest BCUT2D eigenvalue weighted by Gasteiger charge is 2.30. The molecular formula is C23H19F3N2. The Labute approximate surface area is 161 Å². The summed E-state index contributed by atoms with van der Waals surface area (Å²) in [6, 6.07) is 25.4. The average molecular weight is 380 g/mol. The van der Waals surface area contributed by atoms with Crippen molar-refractivity contribution < 1.29 is 13.2 Å². The van der Waals surface area contributed by atoms with E-state index in [0.717, 1.165) is 22.5 Å². The van der Waals surface area contributed by atoms with Crippen LogP contribution in [-0.4, -0.2) is 4.57 Å². The highest BCUT2D eigenvalue weighted by Crippen LogP contribution is 2.30. The summed E-state index contributed by atoms with van der Waals surface area (Å²) in [5.41, 5.74) is 2.06. The van der Waals surface area contributed by atoms with Gasteiger partial charge in [-0.05, 0) is 34.7 Å². The van der Waals surface area contributed by atoms with E-state index in [4.69, 9.17) is 0 Å². The van der Waals surface area contributed by atoms with Crippen LogP contribution in [0, 0.1) is 0 Å². The zero-order valence-electron chi connectivity index (χ0n) is 15.0. The van der Waals surface area contributed by atoms with Crippen LogP contribution in [0.15, 0.2) is 91.1 Å². The fraction of sp³-hybridized carbons (Fsp3) is 0.130. The van der Waals surface area contributed by atoms with Crippen LogP contribution in [-0.2, 0) is 12.7 Å². The van der Waals surface area contributed by atoms with Gasteiger partial charge in [-0.25, -0.2) is 0 Å². The Morgan fingerprint density at radius 3 is 2.36 bits per heavy atom. The molecule has 1 N–H and O–H groups in total. The van der Waals surface area contributed by atoms with Crippen LogP contribution in [0.2, 0.25) is 0 Å².